The Bertz CT molecular complexity index is 404. The molecule has 1 aromatic rings. The smallest absolute Gasteiger partial charge is 0.0649 e. The van der Waals surface area contributed by atoms with Gasteiger partial charge in [-0.2, -0.15) is 0 Å². The van der Waals surface area contributed by atoms with Crippen molar-refractivity contribution in [3.63, 3.8) is 0 Å². The minimum absolute atomic E-state index is 0.458. The van der Waals surface area contributed by atoms with E-state index in [0.29, 0.717) is 6.04 Å². The minimum atomic E-state index is 0.458. The number of hydrogen-bond acceptors (Lipinski definition) is 1. The fourth-order valence-electron chi connectivity index (χ4n) is 1.53. The van der Waals surface area contributed by atoms with Crippen molar-refractivity contribution >= 4 is 6.08 Å². The lowest BCUT2D eigenvalue weighted by atomic mass is 10.1. The molecule has 0 bridgehead atoms. The van der Waals surface area contributed by atoms with E-state index >= 15 is 0 Å². The van der Waals surface area contributed by atoms with Gasteiger partial charge in [-0.3, -0.25) is 4.99 Å². The second-order valence-corrected chi connectivity index (χ2v) is 3.48. The van der Waals surface area contributed by atoms with Crippen molar-refractivity contribution in [2.75, 3.05) is 0 Å². The van der Waals surface area contributed by atoms with Gasteiger partial charge < -0.3 is 0 Å². The molecule has 1 heterocycles. The first-order valence-corrected chi connectivity index (χ1v) is 4.40. The summed E-state index contributed by atoms with van der Waals surface area (Å²) in [4.78, 5) is 4.58. The Labute approximate surface area is 72.5 Å². The van der Waals surface area contributed by atoms with E-state index in [2.05, 4.69) is 43.1 Å². The zero-order valence-corrected chi connectivity index (χ0v) is 7.54. The summed E-state index contributed by atoms with van der Waals surface area (Å²) in [6.07, 6.45) is 3.35. The van der Waals surface area contributed by atoms with Gasteiger partial charge in [-0.25, -0.2) is 0 Å². The van der Waals surface area contributed by atoms with Gasteiger partial charge in [0.2, 0.25) is 0 Å². The van der Waals surface area contributed by atoms with Gasteiger partial charge >= 0.3 is 0 Å². The first kappa shape index (κ1) is 7.53. The third-order valence-corrected chi connectivity index (χ3v) is 2.22. The summed E-state index contributed by atoms with van der Waals surface area (Å²) in [5, 5.41) is 2.45. The van der Waals surface area contributed by atoms with Gasteiger partial charge in [-0.1, -0.05) is 18.2 Å². The van der Waals surface area contributed by atoms with E-state index < -0.39 is 0 Å². The number of fused-ring (bicyclic) bond motifs is 1. The van der Waals surface area contributed by atoms with Crippen LogP contribution in [0.5, 0.6) is 0 Å². The van der Waals surface area contributed by atoms with Crippen LogP contribution in [-0.4, -0.2) is 6.04 Å². The van der Waals surface area contributed by atoms with E-state index in [1.165, 1.54) is 10.8 Å². The lowest BCUT2D eigenvalue weighted by Crippen LogP contribution is -2.30. The van der Waals surface area contributed by atoms with Crippen molar-refractivity contribution < 1.29 is 0 Å². The molecule has 0 radical (unpaired) electrons. The molecule has 12 heavy (non-hydrogen) atoms. The zero-order valence-electron chi connectivity index (χ0n) is 7.54. The molecule has 62 valence electrons. The highest BCUT2D eigenvalue weighted by Gasteiger charge is 2.01. The SMILES string of the molecule is Cc1ccc2c(c1)=NC(C)CC=2. The number of hydrogen-bond donors (Lipinski definition) is 0. The van der Waals surface area contributed by atoms with Gasteiger partial charge in [0, 0.05) is 0 Å². The van der Waals surface area contributed by atoms with E-state index in [1.54, 1.807) is 0 Å². The molecule has 0 aromatic heterocycles. The summed E-state index contributed by atoms with van der Waals surface area (Å²) in [7, 11) is 0. The Morgan fingerprint density at radius 2 is 2.25 bits per heavy atom. The Morgan fingerprint density at radius 3 is 3.08 bits per heavy atom. The molecule has 1 aliphatic heterocycles. The summed E-state index contributed by atoms with van der Waals surface area (Å²) in [6.45, 7) is 4.26. The Kier molecular flexibility index (Phi) is 1.72. The molecule has 0 aliphatic carbocycles. The van der Waals surface area contributed by atoms with Gasteiger partial charge in [0.25, 0.3) is 0 Å². The quantitative estimate of drug-likeness (QED) is 0.539. The van der Waals surface area contributed by atoms with Crippen molar-refractivity contribution in [3.05, 3.63) is 34.3 Å². The van der Waals surface area contributed by atoms with Crippen LogP contribution in [0.1, 0.15) is 18.9 Å². The first-order valence-electron chi connectivity index (χ1n) is 4.40. The maximum atomic E-state index is 4.58. The van der Waals surface area contributed by atoms with Crippen LogP contribution >= 0.6 is 0 Å². The van der Waals surface area contributed by atoms with Gasteiger partial charge in [0.1, 0.15) is 0 Å². The number of rotatable bonds is 0. The van der Waals surface area contributed by atoms with Gasteiger partial charge in [-0.05, 0) is 37.1 Å². The molecule has 0 spiro atoms. The van der Waals surface area contributed by atoms with Crippen LogP contribution in [0.2, 0.25) is 0 Å². The fraction of sp³-hybridized carbons (Fsp3) is 0.364. The Balaban J connectivity index is 2.72. The molecular weight excluding hydrogens is 146 g/mol. The number of benzene rings is 1. The van der Waals surface area contributed by atoms with Crippen LogP contribution in [0.15, 0.2) is 23.2 Å². The lowest BCUT2D eigenvalue weighted by Gasteiger charge is -2.07. The van der Waals surface area contributed by atoms with Gasteiger partial charge in [0.05, 0.1) is 11.4 Å². The summed E-state index contributed by atoms with van der Waals surface area (Å²) < 4.78 is 0. The van der Waals surface area contributed by atoms with Crippen LogP contribution in [-0.2, 0) is 0 Å². The van der Waals surface area contributed by atoms with Crippen molar-refractivity contribution in [1.29, 1.82) is 0 Å². The van der Waals surface area contributed by atoms with Gasteiger partial charge in [-0.15, -0.1) is 0 Å². The van der Waals surface area contributed by atoms with Crippen molar-refractivity contribution in [3.8, 4) is 0 Å². The molecule has 1 aliphatic rings. The largest absolute Gasteiger partial charge is 0.281 e. The first-order chi connectivity index (χ1) is 5.75. The second kappa shape index (κ2) is 2.74. The predicted octanol–water partition coefficient (Wildman–Crippen LogP) is 1.19. The van der Waals surface area contributed by atoms with Crippen LogP contribution in [0, 0.1) is 6.92 Å². The lowest BCUT2D eigenvalue weighted by molar-refractivity contribution is 0.738. The summed E-state index contributed by atoms with van der Waals surface area (Å²) >= 11 is 0. The molecule has 0 saturated carbocycles. The average Bonchev–Trinajstić information content (AvgIpc) is 2.03. The van der Waals surface area contributed by atoms with Crippen LogP contribution in [0.25, 0.3) is 6.08 Å². The van der Waals surface area contributed by atoms with E-state index in [9.17, 15) is 0 Å². The van der Waals surface area contributed by atoms with Crippen LogP contribution in [0.4, 0.5) is 0 Å². The monoisotopic (exact) mass is 159 g/mol. The highest BCUT2D eigenvalue weighted by molar-refractivity contribution is 5.28. The maximum absolute atomic E-state index is 4.58. The Hall–Kier alpha value is -1.11. The molecule has 1 heteroatoms. The van der Waals surface area contributed by atoms with E-state index in [0.717, 1.165) is 11.8 Å². The third kappa shape index (κ3) is 1.27. The molecule has 1 unspecified atom stereocenters. The number of aryl methyl sites for hydroxylation is 1. The van der Waals surface area contributed by atoms with Crippen LogP contribution < -0.4 is 10.6 Å². The standard InChI is InChI=1S/C11H13N/c1-8-3-5-10-6-4-9(2)12-11(10)7-8/h3,5-7,9H,4H2,1-2H3. The highest BCUT2D eigenvalue weighted by Crippen LogP contribution is 1.99. The van der Waals surface area contributed by atoms with Crippen LogP contribution in [0.3, 0.4) is 0 Å². The highest BCUT2D eigenvalue weighted by atomic mass is 14.8. The van der Waals surface area contributed by atoms with E-state index in [-0.39, 0.29) is 0 Å². The fourth-order valence-corrected chi connectivity index (χ4v) is 1.53. The van der Waals surface area contributed by atoms with Crippen molar-refractivity contribution in [1.82, 2.24) is 0 Å². The molecular formula is C11H13N. The normalized spacial score (nSPS) is 20.7. The van der Waals surface area contributed by atoms with E-state index in [1.807, 2.05) is 0 Å². The minimum Gasteiger partial charge on any atom is -0.281 e. The molecule has 1 aromatic carbocycles. The van der Waals surface area contributed by atoms with E-state index in [4.69, 9.17) is 0 Å². The van der Waals surface area contributed by atoms with Crippen molar-refractivity contribution in [2.45, 2.75) is 26.3 Å². The molecule has 1 nitrogen and oxygen atoms in total. The molecule has 0 N–H and O–H groups in total. The summed E-state index contributed by atoms with van der Waals surface area (Å²) in [5.41, 5.74) is 1.29. The van der Waals surface area contributed by atoms with Crippen molar-refractivity contribution in [2.24, 2.45) is 4.99 Å². The molecule has 2 rings (SSSR count). The topological polar surface area (TPSA) is 12.4 Å². The molecule has 0 saturated heterocycles. The summed E-state index contributed by atoms with van der Waals surface area (Å²) in [6, 6.07) is 6.90. The van der Waals surface area contributed by atoms with Gasteiger partial charge in [0.15, 0.2) is 0 Å². The second-order valence-electron chi connectivity index (χ2n) is 3.48. The molecule has 0 amide bonds. The maximum Gasteiger partial charge on any atom is 0.0649 e. The third-order valence-electron chi connectivity index (χ3n) is 2.22. The zero-order chi connectivity index (χ0) is 8.55. The number of nitrogens with zero attached hydrogens (tertiary/aromatic N) is 1. The average molecular weight is 159 g/mol. The summed E-state index contributed by atoms with van der Waals surface area (Å²) in [5.74, 6) is 0. The molecule has 1 atom stereocenters. The Morgan fingerprint density at radius 1 is 1.42 bits per heavy atom. The predicted molar refractivity (Wildman–Crippen MR) is 50.5 cm³/mol. The molecule has 0 fully saturated rings.